The van der Waals surface area contributed by atoms with Crippen LogP contribution >= 0.6 is 0 Å². The van der Waals surface area contributed by atoms with E-state index < -0.39 is 5.97 Å². The van der Waals surface area contributed by atoms with Gasteiger partial charge in [0.15, 0.2) is 0 Å². The topological polar surface area (TPSA) is 93.4 Å². The fourth-order valence-corrected chi connectivity index (χ4v) is 5.30. The number of hydrogen-bond donors (Lipinski definition) is 1. The second-order valence-corrected chi connectivity index (χ2v) is 9.98. The Hall–Kier alpha value is -3.78. The van der Waals surface area contributed by atoms with E-state index in [0.717, 1.165) is 65.2 Å². The van der Waals surface area contributed by atoms with E-state index in [4.69, 9.17) is 4.74 Å². The summed E-state index contributed by atoms with van der Waals surface area (Å²) in [6, 6.07) is 14.4. The normalized spacial score (nSPS) is 16.7. The quantitative estimate of drug-likeness (QED) is 0.392. The first-order valence-corrected chi connectivity index (χ1v) is 12.8. The van der Waals surface area contributed by atoms with Crippen LogP contribution in [0.4, 0.5) is 0 Å². The zero-order valence-electron chi connectivity index (χ0n) is 21.8. The van der Waals surface area contributed by atoms with Crippen LogP contribution in [-0.2, 0) is 24.9 Å². The van der Waals surface area contributed by atoms with Crippen molar-refractivity contribution in [1.82, 2.24) is 24.9 Å². The number of carbonyl (C=O) groups is 1. The van der Waals surface area contributed by atoms with Gasteiger partial charge in [0.05, 0.1) is 11.9 Å². The molecule has 1 aliphatic rings. The molecule has 1 aliphatic heterocycles. The number of aliphatic carboxylic acids is 1. The Labute approximate surface area is 216 Å². The van der Waals surface area contributed by atoms with Crippen LogP contribution in [0, 0.1) is 13.8 Å². The third-order valence-corrected chi connectivity index (χ3v) is 7.44. The highest BCUT2D eigenvalue weighted by atomic mass is 16.5. The Bertz CT molecular complexity index is 1450. The molecule has 2 aromatic heterocycles. The van der Waals surface area contributed by atoms with Crippen molar-refractivity contribution in [3.63, 3.8) is 0 Å². The van der Waals surface area contributed by atoms with Gasteiger partial charge in [0.25, 0.3) is 0 Å². The Morgan fingerprint density at radius 1 is 1.22 bits per heavy atom. The van der Waals surface area contributed by atoms with E-state index in [0.29, 0.717) is 0 Å². The van der Waals surface area contributed by atoms with Crippen LogP contribution in [0.3, 0.4) is 0 Å². The van der Waals surface area contributed by atoms with Crippen LogP contribution in [0.25, 0.3) is 11.0 Å². The number of nitrogens with zero attached hydrogens (tertiary/aromatic N) is 5. The molecule has 0 saturated carbocycles. The molecule has 5 rings (SSSR count). The van der Waals surface area contributed by atoms with Gasteiger partial charge in [-0.3, -0.25) is 9.69 Å². The van der Waals surface area contributed by atoms with Crippen molar-refractivity contribution < 1.29 is 14.6 Å². The minimum absolute atomic E-state index is 0.00359. The minimum atomic E-state index is -0.828. The Balaban J connectivity index is 1.50. The highest BCUT2D eigenvalue weighted by Gasteiger charge is 2.25. The standard InChI is InChI=1S/C29H33N5O3/c1-5-23-17-34(15-21-7-6-12-30-29(21)37-23)16-22-13-20(9-8-18(22)2)25(14-27(35)36)24-10-11-26-28(19(24)3)31-32-33(26)4/h6-13,23,25H,5,14-17H2,1-4H3,(H,35,36). The molecule has 0 amide bonds. The molecular formula is C29H33N5O3. The van der Waals surface area contributed by atoms with Gasteiger partial charge < -0.3 is 9.84 Å². The van der Waals surface area contributed by atoms with Crippen LogP contribution in [0.15, 0.2) is 48.7 Å². The van der Waals surface area contributed by atoms with Gasteiger partial charge in [0.1, 0.15) is 11.6 Å². The SMILES string of the molecule is CCC1CN(Cc2cc(C(CC(=O)O)c3ccc4c(nnn4C)c3C)ccc2C)Cc2cccnc2O1. The summed E-state index contributed by atoms with van der Waals surface area (Å²) in [5.41, 5.74) is 8.14. The van der Waals surface area contributed by atoms with Gasteiger partial charge in [-0.05, 0) is 60.2 Å². The van der Waals surface area contributed by atoms with Gasteiger partial charge in [0, 0.05) is 44.4 Å². The molecule has 0 saturated heterocycles. The highest BCUT2D eigenvalue weighted by Crippen LogP contribution is 2.35. The first-order chi connectivity index (χ1) is 17.8. The molecule has 192 valence electrons. The van der Waals surface area contributed by atoms with Gasteiger partial charge in [-0.1, -0.05) is 42.5 Å². The number of aromatic nitrogens is 4. The van der Waals surface area contributed by atoms with Crippen molar-refractivity contribution in [1.29, 1.82) is 0 Å². The van der Waals surface area contributed by atoms with Crippen LogP contribution in [0.1, 0.15) is 59.1 Å². The predicted molar refractivity (Wildman–Crippen MR) is 142 cm³/mol. The summed E-state index contributed by atoms with van der Waals surface area (Å²) < 4.78 is 7.93. The van der Waals surface area contributed by atoms with Crippen molar-refractivity contribution >= 4 is 17.0 Å². The molecule has 8 heteroatoms. The van der Waals surface area contributed by atoms with Gasteiger partial charge in [-0.2, -0.15) is 0 Å². The molecule has 1 N–H and O–H groups in total. The van der Waals surface area contributed by atoms with E-state index >= 15 is 0 Å². The number of rotatable bonds is 7. The molecule has 0 fully saturated rings. The first kappa shape index (κ1) is 24.9. The summed E-state index contributed by atoms with van der Waals surface area (Å²) in [5, 5.41) is 18.3. The monoisotopic (exact) mass is 499 g/mol. The molecule has 2 aromatic carbocycles. The molecule has 0 spiro atoms. The summed E-state index contributed by atoms with van der Waals surface area (Å²) in [6.45, 7) is 8.56. The third kappa shape index (κ3) is 5.06. The van der Waals surface area contributed by atoms with Crippen LogP contribution < -0.4 is 4.74 Å². The smallest absolute Gasteiger partial charge is 0.304 e. The summed E-state index contributed by atoms with van der Waals surface area (Å²) in [4.78, 5) is 18.8. The molecule has 2 unspecified atom stereocenters. The second kappa shape index (κ2) is 10.3. The molecule has 0 radical (unpaired) electrons. The number of benzene rings is 2. The van der Waals surface area contributed by atoms with Crippen molar-refractivity contribution in [2.75, 3.05) is 6.54 Å². The van der Waals surface area contributed by atoms with E-state index in [1.165, 1.54) is 11.1 Å². The molecular weight excluding hydrogens is 466 g/mol. The van der Waals surface area contributed by atoms with Gasteiger partial charge >= 0.3 is 5.97 Å². The zero-order valence-corrected chi connectivity index (χ0v) is 21.8. The average Bonchev–Trinajstić information content (AvgIpc) is 3.16. The molecule has 0 bridgehead atoms. The number of hydrogen-bond acceptors (Lipinski definition) is 6. The first-order valence-electron chi connectivity index (χ1n) is 12.8. The number of aryl methyl sites for hydroxylation is 3. The fraction of sp³-hybridized carbons (Fsp3) is 0.379. The van der Waals surface area contributed by atoms with E-state index in [1.54, 1.807) is 10.9 Å². The van der Waals surface area contributed by atoms with E-state index in [1.807, 2.05) is 32.2 Å². The molecule has 0 aliphatic carbocycles. The molecule has 37 heavy (non-hydrogen) atoms. The van der Waals surface area contributed by atoms with E-state index in [-0.39, 0.29) is 18.4 Å². The highest BCUT2D eigenvalue weighted by molar-refractivity contribution is 5.80. The lowest BCUT2D eigenvalue weighted by atomic mass is 9.84. The average molecular weight is 500 g/mol. The lowest BCUT2D eigenvalue weighted by molar-refractivity contribution is -0.137. The molecule has 8 nitrogen and oxygen atoms in total. The minimum Gasteiger partial charge on any atom is -0.481 e. The second-order valence-electron chi connectivity index (χ2n) is 9.98. The lowest BCUT2D eigenvalue weighted by Gasteiger charge is -2.25. The Morgan fingerprint density at radius 2 is 2.05 bits per heavy atom. The summed E-state index contributed by atoms with van der Waals surface area (Å²) >= 11 is 0. The third-order valence-electron chi connectivity index (χ3n) is 7.44. The van der Waals surface area contributed by atoms with Gasteiger partial charge in [-0.15, -0.1) is 5.10 Å². The van der Waals surface area contributed by atoms with Crippen LogP contribution in [0.2, 0.25) is 0 Å². The number of fused-ring (bicyclic) bond motifs is 2. The number of carboxylic acids is 1. The maximum Gasteiger partial charge on any atom is 0.304 e. The van der Waals surface area contributed by atoms with Crippen molar-refractivity contribution in [2.24, 2.45) is 7.05 Å². The summed E-state index contributed by atoms with van der Waals surface area (Å²) in [7, 11) is 1.86. The number of carboxylic acid groups (broad SMARTS) is 1. The van der Waals surface area contributed by atoms with E-state index in [2.05, 4.69) is 58.3 Å². The van der Waals surface area contributed by atoms with Crippen molar-refractivity contribution in [3.8, 4) is 5.88 Å². The Morgan fingerprint density at radius 3 is 2.84 bits per heavy atom. The van der Waals surface area contributed by atoms with Crippen LogP contribution in [-0.4, -0.2) is 48.6 Å². The maximum atomic E-state index is 12.0. The summed E-state index contributed by atoms with van der Waals surface area (Å²) in [5.74, 6) is -0.395. The molecule has 3 heterocycles. The lowest BCUT2D eigenvalue weighted by Crippen LogP contribution is -2.32. The Kier molecular flexibility index (Phi) is 6.93. The van der Waals surface area contributed by atoms with Gasteiger partial charge in [-0.25, -0.2) is 9.67 Å². The molecule has 4 aromatic rings. The number of ether oxygens (including phenoxy) is 1. The number of pyridine rings is 1. The zero-order chi connectivity index (χ0) is 26.1. The van der Waals surface area contributed by atoms with Crippen LogP contribution in [0.5, 0.6) is 5.88 Å². The predicted octanol–water partition coefficient (Wildman–Crippen LogP) is 4.76. The fourth-order valence-electron chi connectivity index (χ4n) is 5.30. The largest absolute Gasteiger partial charge is 0.481 e. The van der Waals surface area contributed by atoms with Crippen molar-refractivity contribution in [2.45, 2.75) is 58.7 Å². The van der Waals surface area contributed by atoms with Crippen molar-refractivity contribution in [3.05, 3.63) is 82.0 Å². The summed E-state index contributed by atoms with van der Waals surface area (Å²) in [6.07, 6.45) is 2.75. The maximum absolute atomic E-state index is 12.0. The van der Waals surface area contributed by atoms with Gasteiger partial charge in [0.2, 0.25) is 5.88 Å². The molecule has 2 atom stereocenters. The van der Waals surface area contributed by atoms with E-state index in [9.17, 15) is 9.90 Å².